The summed E-state index contributed by atoms with van der Waals surface area (Å²) in [4.78, 5) is 38.3. The molecule has 2 heterocycles. The number of nitrogens with one attached hydrogen (secondary N) is 1. The minimum atomic E-state index is -0.784. The van der Waals surface area contributed by atoms with Gasteiger partial charge in [-0.2, -0.15) is 0 Å². The second-order valence-corrected chi connectivity index (χ2v) is 6.88. The summed E-state index contributed by atoms with van der Waals surface area (Å²) in [6.45, 7) is 5.27. The molecule has 1 aliphatic rings. The molecule has 1 aliphatic heterocycles. The number of nitrogens with zero attached hydrogens (tertiary/aromatic N) is 2. The Morgan fingerprint density at radius 3 is 2.61 bits per heavy atom. The van der Waals surface area contributed by atoms with Crippen molar-refractivity contribution in [2.75, 3.05) is 11.9 Å². The fourth-order valence-corrected chi connectivity index (χ4v) is 3.64. The van der Waals surface area contributed by atoms with Crippen LogP contribution >= 0.6 is 11.6 Å². The molecule has 0 aliphatic carbocycles. The van der Waals surface area contributed by atoms with Gasteiger partial charge in [0, 0.05) is 24.8 Å². The lowest BCUT2D eigenvalue weighted by atomic mass is 9.82. The average molecular weight is 402 g/mol. The predicted octanol–water partition coefficient (Wildman–Crippen LogP) is 2.30. The molecule has 0 amide bonds. The van der Waals surface area contributed by atoms with Gasteiger partial charge in [-0.1, -0.05) is 42.5 Å². The second-order valence-electron chi connectivity index (χ2n) is 6.47. The summed E-state index contributed by atoms with van der Waals surface area (Å²) in [7, 11) is 2.96. The molecule has 7 nitrogen and oxygen atoms in total. The molecule has 1 atom stereocenters. The van der Waals surface area contributed by atoms with Crippen LogP contribution in [0.2, 0.25) is 5.02 Å². The van der Waals surface area contributed by atoms with E-state index in [0.717, 1.165) is 4.57 Å². The molecule has 0 saturated heterocycles. The molecule has 8 heteroatoms. The number of anilines is 1. The quantitative estimate of drug-likeness (QED) is 0.628. The van der Waals surface area contributed by atoms with Gasteiger partial charge in [-0.25, -0.2) is 9.59 Å². The number of halogens is 1. The third kappa shape index (κ3) is 3.07. The molecule has 1 aromatic carbocycles. The topological polar surface area (TPSA) is 82.3 Å². The standard InChI is InChI=1S/C20H20ClN3O4/c1-5-10-28-19(26)14-11(2)22-17-16(18(25)24(4)20(27)23(17)3)15(14)12-8-6-7-9-13(12)21/h5-9,15,22H,1,10H2,2-4H3. The van der Waals surface area contributed by atoms with Crippen molar-refractivity contribution < 1.29 is 9.53 Å². The first-order valence-electron chi connectivity index (χ1n) is 8.59. The summed E-state index contributed by atoms with van der Waals surface area (Å²) in [5.41, 5.74) is 0.603. The molecule has 2 aromatic rings. The van der Waals surface area contributed by atoms with Crippen molar-refractivity contribution in [2.24, 2.45) is 14.1 Å². The number of ether oxygens (including phenoxy) is 1. The van der Waals surface area contributed by atoms with Crippen LogP contribution in [0.1, 0.15) is 24.0 Å². The van der Waals surface area contributed by atoms with E-state index in [0.29, 0.717) is 22.1 Å². The maximum absolute atomic E-state index is 13.0. The Hall–Kier alpha value is -3.06. The van der Waals surface area contributed by atoms with Gasteiger partial charge in [-0.15, -0.1) is 0 Å². The molecule has 146 valence electrons. The van der Waals surface area contributed by atoms with Gasteiger partial charge in [0.2, 0.25) is 0 Å². The largest absolute Gasteiger partial charge is 0.458 e. The van der Waals surface area contributed by atoms with Crippen molar-refractivity contribution in [3.63, 3.8) is 0 Å². The molecule has 3 rings (SSSR count). The molecule has 0 bridgehead atoms. The van der Waals surface area contributed by atoms with Crippen LogP contribution in [0.4, 0.5) is 5.82 Å². The molecule has 1 unspecified atom stereocenters. The number of carbonyl (C=O) groups excluding carboxylic acids is 1. The van der Waals surface area contributed by atoms with Crippen LogP contribution in [0.25, 0.3) is 0 Å². The Kier molecular flexibility index (Phi) is 5.29. The van der Waals surface area contributed by atoms with Gasteiger partial charge >= 0.3 is 11.7 Å². The number of aromatic nitrogens is 2. The van der Waals surface area contributed by atoms with Crippen LogP contribution in [0.5, 0.6) is 0 Å². The Morgan fingerprint density at radius 2 is 1.96 bits per heavy atom. The number of hydrogen-bond donors (Lipinski definition) is 1. The lowest BCUT2D eigenvalue weighted by molar-refractivity contribution is -0.138. The summed E-state index contributed by atoms with van der Waals surface area (Å²) in [5, 5.41) is 3.42. The van der Waals surface area contributed by atoms with E-state index in [1.165, 1.54) is 17.7 Å². The van der Waals surface area contributed by atoms with Crippen LogP contribution < -0.4 is 16.6 Å². The molecule has 1 aromatic heterocycles. The fraction of sp³-hybridized carbons (Fsp3) is 0.250. The number of rotatable bonds is 4. The van der Waals surface area contributed by atoms with Crippen molar-refractivity contribution in [1.82, 2.24) is 9.13 Å². The summed E-state index contributed by atoms with van der Waals surface area (Å²) in [5.74, 6) is -1.04. The van der Waals surface area contributed by atoms with Crippen molar-refractivity contribution in [3.05, 3.63) is 85.2 Å². The van der Waals surface area contributed by atoms with Crippen molar-refractivity contribution in [1.29, 1.82) is 0 Å². The molecule has 0 spiro atoms. The molecule has 1 N–H and O–H groups in total. The smallest absolute Gasteiger partial charge is 0.337 e. The molecular weight excluding hydrogens is 382 g/mol. The average Bonchev–Trinajstić information content (AvgIpc) is 2.68. The highest BCUT2D eigenvalue weighted by Crippen LogP contribution is 2.42. The van der Waals surface area contributed by atoms with E-state index < -0.39 is 23.1 Å². The molecule has 28 heavy (non-hydrogen) atoms. The third-order valence-electron chi connectivity index (χ3n) is 4.76. The third-order valence-corrected chi connectivity index (χ3v) is 5.10. The summed E-state index contributed by atoms with van der Waals surface area (Å²) < 4.78 is 7.61. The van der Waals surface area contributed by atoms with E-state index in [4.69, 9.17) is 16.3 Å². The molecular formula is C20H20ClN3O4. The first-order valence-corrected chi connectivity index (χ1v) is 8.97. The van der Waals surface area contributed by atoms with Crippen molar-refractivity contribution >= 4 is 23.4 Å². The van der Waals surface area contributed by atoms with E-state index in [1.54, 1.807) is 38.2 Å². The van der Waals surface area contributed by atoms with E-state index in [1.807, 2.05) is 0 Å². The van der Waals surface area contributed by atoms with E-state index in [2.05, 4.69) is 11.9 Å². The van der Waals surface area contributed by atoms with Crippen LogP contribution in [0.3, 0.4) is 0 Å². The lowest BCUT2D eigenvalue weighted by Gasteiger charge is -2.31. The second kappa shape index (κ2) is 7.52. The van der Waals surface area contributed by atoms with Gasteiger partial charge in [0.1, 0.15) is 12.4 Å². The molecule has 0 radical (unpaired) electrons. The first kappa shape index (κ1) is 19.7. The summed E-state index contributed by atoms with van der Waals surface area (Å²) >= 11 is 6.42. The number of fused-ring (bicyclic) bond motifs is 1. The summed E-state index contributed by atoms with van der Waals surface area (Å²) in [6, 6.07) is 6.98. The zero-order valence-corrected chi connectivity index (χ0v) is 16.5. The predicted molar refractivity (Wildman–Crippen MR) is 108 cm³/mol. The number of esters is 1. The van der Waals surface area contributed by atoms with E-state index in [9.17, 15) is 14.4 Å². The highest BCUT2D eigenvalue weighted by atomic mass is 35.5. The van der Waals surface area contributed by atoms with Crippen LogP contribution in [0.15, 0.2) is 57.8 Å². The minimum absolute atomic E-state index is 0.0308. The maximum atomic E-state index is 13.0. The number of benzene rings is 1. The summed E-state index contributed by atoms with van der Waals surface area (Å²) in [6.07, 6.45) is 1.46. The number of hydrogen-bond acceptors (Lipinski definition) is 5. The zero-order chi connectivity index (χ0) is 20.6. The van der Waals surface area contributed by atoms with Crippen LogP contribution in [0, 0.1) is 0 Å². The van der Waals surface area contributed by atoms with Crippen molar-refractivity contribution in [3.8, 4) is 0 Å². The fourth-order valence-electron chi connectivity index (χ4n) is 3.39. The highest BCUT2D eigenvalue weighted by Gasteiger charge is 2.38. The molecule has 0 saturated carbocycles. The van der Waals surface area contributed by atoms with Gasteiger partial charge in [0.25, 0.3) is 5.56 Å². The first-order chi connectivity index (χ1) is 13.3. The lowest BCUT2D eigenvalue weighted by Crippen LogP contribution is -2.43. The minimum Gasteiger partial charge on any atom is -0.458 e. The van der Waals surface area contributed by atoms with E-state index >= 15 is 0 Å². The van der Waals surface area contributed by atoms with Gasteiger partial charge in [-0.3, -0.25) is 13.9 Å². The highest BCUT2D eigenvalue weighted by molar-refractivity contribution is 6.31. The number of allylic oxidation sites excluding steroid dienone is 1. The van der Waals surface area contributed by atoms with Crippen molar-refractivity contribution in [2.45, 2.75) is 12.8 Å². The normalized spacial score (nSPS) is 15.6. The van der Waals surface area contributed by atoms with Gasteiger partial charge < -0.3 is 10.1 Å². The van der Waals surface area contributed by atoms with Crippen LogP contribution in [-0.4, -0.2) is 21.7 Å². The van der Waals surface area contributed by atoms with E-state index in [-0.39, 0.29) is 17.7 Å². The Balaban J connectivity index is 2.37. The molecule has 0 fully saturated rings. The zero-order valence-electron chi connectivity index (χ0n) is 15.8. The Labute approximate surface area is 166 Å². The Morgan fingerprint density at radius 1 is 1.29 bits per heavy atom. The van der Waals surface area contributed by atoms with Gasteiger partial charge in [-0.05, 0) is 18.6 Å². The van der Waals surface area contributed by atoms with Gasteiger partial charge in [0.05, 0.1) is 17.1 Å². The monoisotopic (exact) mass is 401 g/mol. The Bertz CT molecular complexity index is 1130. The SMILES string of the molecule is C=CCOC(=O)C1=C(C)Nc2c(c(=O)n(C)c(=O)n2C)C1c1ccccc1Cl. The van der Waals surface area contributed by atoms with Crippen LogP contribution in [-0.2, 0) is 23.6 Å². The van der Waals surface area contributed by atoms with Gasteiger partial charge in [0.15, 0.2) is 0 Å². The number of carbonyl (C=O) groups is 1. The maximum Gasteiger partial charge on any atom is 0.337 e.